The second-order valence-electron chi connectivity index (χ2n) is 8.11. The minimum atomic E-state index is -4.13. The molecule has 0 heterocycles. The summed E-state index contributed by atoms with van der Waals surface area (Å²) in [4.78, 5) is 35.6. The van der Waals surface area contributed by atoms with E-state index in [1.807, 2.05) is 0 Å². The summed E-state index contributed by atoms with van der Waals surface area (Å²) >= 11 is 11.8. The number of halogens is 2. The van der Waals surface area contributed by atoms with Crippen molar-refractivity contribution in [2.45, 2.75) is 42.8 Å². The zero-order chi connectivity index (χ0) is 28.1. The number of ether oxygens (including phenoxy) is 1. The summed E-state index contributed by atoms with van der Waals surface area (Å²) in [6.07, 6.45) is 0.501. The quantitative estimate of drug-likeness (QED) is 0.229. The molecule has 0 radical (unpaired) electrons. The Kier molecular flexibility index (Phi) is 12.4. The molecule has 0 fully saturated rings. The fraction of sp³-hybridized carbons (Fsp3) is 0.346. The minimum Gasteiger partial charge on any atom is -0.481 e. The van der Waals surface area contributed by atoms with Crippen molar-refractivity contribution in [1.82, 2.24) is 10.6 Å². The van der Waals surface area contributed by atoms with E-state index in [4.69, 9.17) is 27.9 Å². The van der Waals surface area contributed by atoms with Gasteiger partial charge in [-0.15, -0.1) is 5.92 Å². The molecule has 2 aromatic rings. The Hall–Kier alpha value is -3.26. The summed E-state index contributed by atoms with van der Waals surface area (Å²) in [6.45, 7) is 1.78. The molecule has 0 aliphatic heterocycles. The van der Waals surface area contributed by atoms with Crippen LogP contribution in [-0.2, 0) is 30.6 Å². The lowest BCUT2D eigenvalue weighted by molar-refractivity contribution is -0.136. The number of benzene rings is 2. The number of unbranched alkanes of at least 4 members (excludes halogenated alkanes) is 1. The van der Waals surface area contributed by atoms with Crippen LogP contribution in [-0.4, -0.2) is 56.3 Å². The standard InChI is InChI=1S/C26H28Cl2N2O7S/c1-2-3-14-37-19-8-10-20(11-9-19)38(35,36)23(26(33)34)6-4-5-13-29-25(32)17-30-24(31)16-18-7-12-21(27)22(28)15-18/h7-12,15,23H,4-6,13-14,16-17H2,1H3,(H,29,32)(H,30,31)(H,33,34). The van der Waals surface area contributed by atoms with Crippen LogP contribution in [0.1, 0.15) is 31.7 Å². The molecule has 0 saturated carbocycles. The maximum absolute atomic E-state index is 12.9. The number of rotatable bonds is 14. The summed E-state index contributed by atoms with van der Waals surface area (Å²) in [5.74, 6) is 3.56. The molecular weight excluding hydrogens is 555 g/mol. The van der Waals surface area contributed by atoms with Crippen molar-refractivity contribution >= 4 is 50.8 Å². The number of carboxylic acid groups (broad SMARTS) is 1. The second-order valence-corrected chi connectivity index (χ2v) is 11.1. The van der Waals surface area contributed by atoms with E-state index in [9.17, 15) is 27.9 Å². The van der Waals surface area contributed by atoms with Crippen molar-refractivity contribution in [2.75, 3.05) is 19.7 Å². The molecule has 0 aliphatic carbocycles. The summed E-state index contributed by atoms with van der Waals surface area (Å²) in [5, 5.41) is 13.7. The molecule has 1 unspecified atom stereocenters. The van der Waals surface area contributed by atoms with Gasteiger partial charge in [-0.3, -0.25) is 14.4 Å². The van der Waals surface area contributed by atoms with E-state index < -0.39 is 27.0 Å². The zero-order valence-electron chi connectivity index (χ0n) is 20.6. The largest absolute Gasteiger partial charge is 0.481 e. The second kappa shape index (κ2) is 15.2. The van der Waals surface area contributed by atoms with E-state index in [2.05, 4.69) is 22.5 Å². The SMILES string of the molecule is CC#CCOc1ccc(S(=O)(=O)C(CCCCNC(=O)CNC(=O)Cc2ccc(Cl)c(Cl)c2)C(=O)O)cc1. The molecule has 9 nitrogen and oxygen atoms in total. The van der Waals surface area contributed by atoms with E-state index in [0.717, 1.165) is 0 Å². The van der Waals surface area contributed by atoms with Gasteiger partial charge in [0.1, 0.15) is 12.4 Å². The average molecular weight is 583 g/mol. The van der Waals surface area contributed by atoms with Gasteiger partial charge in [0, 0.05) is 6.54 Å². The average Bonchev–Trinajstić information content (AvgIpc) is 2.87. The lowest BCUT2D eigenvalue weighted by atomic mass is 10.1. The van der Waals surface area contributed by atoms with Crippen LogP contribution in [0, 0.1) is 11.8 Å². The predicted molar refractivity (Wildman–Crippen MR) is 144 cm³/mol. The fourth-order valence-corrected chi connectivity index (χ4v) is 5.22. The number of amides is 2. The molecule has 2 rings (SSSR count). The van der Waals surface area contributed by atoms with Gasteiger partial charge in [0.05, 0.1) is 27.9 Å². The third kappa shape index (κ3) is 9.89. The molecule has 0 bridgehead atoms. The first-order valence-electron chi connectivity index (χ1n) is 11.6. The summed E-state index contributed by atoms with van der Waals surface area (Å²) in [5.41, 5.74) is 0.645. The van der Waals surface area contributed by atoms with E-state index in [-0.39, 0.29) is 49.8 Å². The van der Waals surface area contributed by atoms with Gasteiger partial charge in [0.2, 0.25) is 11.8 Å². The Morgan fingerprint density at radius 2 is 1.71 bits per heavy atom. The van der Waals surface area contributed by atoms with Gasteiger partial charge in [-0.1, -0.05) is 35.2 Å². The maximum atomic E-state index is 12.9. The first kappa shape index (κ1) is 31.0. The monoisotopic (exact) mass is 582 g/mol. The highest BCUT2D eigenvalue weighted by Gasteiger charge is 2.33. The molecule has 0 aromatic heterocycles. The van der Waals surface area contributed by atoms with Crippen molar-refractivity contribution in [3.05, 3.63) is 58.1 Å². The molecule has 12 heteroatoms. The van der Waals surface area contributed by atoms with Crippen LogP contribution in [0.25, 0.3) is 0 Å². The highest BCUT2D eigenvalue weighted by molar-refractivity contribution is 7.92. The number of carboxylic acids is 1. The number of aliphatic carboxylic acids is 1. The van der Waals surface area contributed by atoms with E-state index in [1.165, 1.54) is 24.3 Å². The first-order valence-corrected chi connectivity index (χ1v) is 13.9. The lowest BCUT2D eigenvalue weighted by Gasteiger charge is -2.14. The Balaban J connectivity index is 1.76. The predicted octanol–water partition coefficient (Wildman–Crippen LogP) is 3.27. The molecule has 0 aliphatic rings. The number of sulfone groups is 1. The van der Waals surface area contributed by atoms with Crippen LogP contribution < -0.4 is 15.4 Å². The molecule has 0 saturated heterocycles. The van der Waals surface area contributed by atoms with E-state index in [0.29, 0.717) is 27.8 Å². The van der Waals surface area contributed by atoms with Crippen LogP contribution in [0.15, 0.2) is 47.4 Å². The molecule has 0 spiro atoms. The highest BCUT2D eigenvalue weighted by atomic mass is 35.5. The number of carbonyl (C=O) groups is 3. The van der Waals surface area contributed by atoms with E-state index in [1.54, 1.807) is 25.1 Å². The van der Waals surface area contributed by atoms with Crippen molar-refractivity contribution in [1.29, 1.82) is 0 Å². The molecule has 1 atom stereocenters. The zero-order valence-corrected chi connectivity index (χ0v) is 23.0. The molecule has 3 N–H and O–H groups in total. The Labute approximate surface area is 231 Å². The summed E-state index contributed by atoms with van der Waals surface area (Å²) in [7, 11) is -4.13. The van der Waals surface area contributed by atoms with Gasteiger partial charge in [0.15, 0.2) is 15.1 Å². The Bertz CT molecular complexity index is 1300. The van der Waals surface area contributed by atoms with Crippen LogP contribution in [0.3, 0.4) is 0 Å². The number of nitrogens with one attached hydrogen (secondary N) is 2. The van der Waals surface area contributed by atoms with Crippen LogP contribution >= 0.6 is 23.2 Å². The van der Waals surface area contributed by atoms with Crippen molar-refractivity contribution < 1.29 is 32.6 Å². The smallest absolute Gasteiger partial charge is 0.322 e. The van der Waals surface area contributed by atoms with E-state index >= 15 is 0 Å². The van der Waals surface area contributed by atoms with Crippen LogP contribution in [0.2, 0.25) is 10.0 Å². The topological polar surface area (TPSA) is 139 Å². The normalized spacial score (nSPS) is 11.6. The first-order chi connectivity index (χ1) is 18.0. The molecule has 38 heavy (non-hydrogen) atoms. The molecule has 2 amide bonds. The minimum absolute atomic E-state index is 0.0263. The Morgan fingerprint density at radius 3 is 2.34 bits per heavy atom. The third-order valence-electron chi connectivity index (χ3n) is 5.30. The van der Waals surface area contributed by atoms with Gasteiger partial charge in [-0.05, 0) is 68.1 Å². The maximum Gasteiger partial charge on any atom is 0.322 e. The van der Waals surface area contributed by atoms with Crippen LogP contribution in [0.5, 0.6) is 5.75 Å². The van der Waals surface area contributed by atoms with Crippen LogP contribution in [0.4, 0.5) is 0 Å². The van der Waals surface area contributed by atoms with Crippen molar-refractivity contribution in [3.8, 4) is 17.6 Å². The summed E-state index contributed by atoms with van der Waals surface area (Å²) in [6, 6.07) is 10.3. The number of hydrogen-bond donors (Lipinski definition) is 3. The molecular formula is C26H28Cl2N2O7S. The molecule has 204 valence electrons. The highest BCUT2D eigenvalue weighted by Crippen LogP contribution is 2.24. The number of carbonyl (C=O) groups excluding carboxylic acids is 2. The van der Waals surface area contributed by atoms with Crippen molar-refractivity contribution in [3.63, 3.8) is 0 Å². The fourth-order valence-electron chi connectivity index (χ4n) is 3.31. The number of hydrogen-bond acceptors (Lipinski definition) is 6. The third-order valence-corrected chi connectivity index (χ3v) is 8.15. The van der Waals surface area contributed by atoms with Gasteiger partial charge in [-0.2, -0.15) is 0 Å². The Morgan fingerprint density at radius 1 is 1.00 bits per heavy atom. The summed E-state index contributed by atoms with van der Waals surface area (Å²) < 4.78 is 31.1. The lowest BCUT2D eigenvalue weighted by Crippen LogP contribution is -2.38. The van der Waals surface area contributed by atoms with Crippen molar-refractivity contribution in [2.24, 2.45) is 0 Å². The van der Waals surface area contributed by atoms with Gasteiger partial charge in [0.25, 0.3) is 0 Å². The molecule has 2 aromatic carbocycles. The van der Waals surface area contributed by atoms with Gasteiger partial charge in [-0.25, -0.2) is 8.42 Å². The van der Waals surface area contributed by atoms with Gasteiger partial charge < -0.3 is 20.5 Å². The van der Waals surface area contributed by atoms with Gasteiger partial charge >= 0.3 is 5.97 Å².